The van der Waals surface area contributed by atoms with Crippen LogP contribution in [0.3, 0.4) is 0 Å². The molecule has 3 rings (SSSR count). The van der Waals surface area contributed by atoms with Crippen LogP contribution in [0.5, 0.6) is 0 Å². The van der Waals surface area contributed by atoms with Gasteiger partial charge in [-0.3, -0.25) is 4.98 Å². The summed E-state index contributed by atoms with van der Waals surface area (Å²) < 4.78 is 0. The lowest BCUT2D eigenvalue weighted by atomic mass is 9.59. The van der Waals surface area contributed by atoms with Gasteiger partial charge in [-0.25, -0.2) is 0 Å². The molecule has 0 amide bonds. The molecule has 1 atom stereocenters. The van der Waals surface area contributed by atoms with E-state index in [4.69, 9.17) is 5.73 Å². The number of nitrogens with two attached hydrogens (primary N) is 1. The highest BCUT2D eigenvalue weighted by atomic mass is 14.7. The molecule has 1 saturated carbocycles. The van der Waals surface area contributed by atoms with Crippen LogP contribution in [-0.4, -0.2) is 4.98 Å². The number of hydrogen-bond acceptors (Lipinski definition) is 2. The van der Waals surface area contributed by atoms with Gasteiger partial charge in [-0.1, -0.05) is 36.8 Å². The fourth-order valence-electron chi connectivity index (χ4n) is 3.21. The molecule has 98 valence electrons. The Morgan fingerprint density at radius 2 is 1.89 bits per heavy atom. The normalized spacial score (nSPS) is 18.6. The number of benzene rings is 1. The molecule has 0 bridgehead atoms. The molecule has 2 heteroatoms. The van der Waals surface area contributed by atoms with Crippen LogP contribution in [-0.2, 0) is 5.41 Å². The number of nitrogens with zero attached hydrogens (tertiary/aromatic N) is 1. The minimum atomic E-state index is 0.0392. The molecular formula is C17H20N2. The van der Waals surface area contributed by atoms with Gasteiger partial charge in [-0.05, 0) is 42.5 Å². The zero-order valence-electron chi connectivity index (χ0n) is 11.3. The lowest BCUT2D eigenvalue weighted by Crippen LogP contribution is -2.44. The van der Waals surface area contributed by atoms with Crippen molar-refractivity contribution < 1.29 is 0 Å². The number of aromatic nitrogens is 1. The molecule has 0 radical (unpaired) electrons. The lowest BCUT2D eigenvalue weighted by molar-refractivity contribution is 0.196. The summed E-state index contributed by atoms with van der Waals surface area (Å²) in [5.41, 5.74) is 10.5. The van der Waals surface area contributed by atoms with Crippen molar-refractivity contribution in [1.29, 1.82) is 0 Å². The predicted octanol–water partition coefficient (Wildman–Crippen LogP) is 3.51. The van der Waals surface area contributed by atoms with Gasteiger partial charge in [0.2, 0.25) is 0 Å². The maximum Gasteiger partial charge on any atom is 0.0411 e. The van der Waals surface area contributed by atoms with Crippen LogP contribution in [0.1, 0.15) is 42.0 Å². The molecule has 1 aromatic carbocycles. The molecule has 0 saturated heterocycles. The standard InChI is InChI=1S/C17H20N2/c1-13-8-11-19-12-15(13)16(18)17(9-5-10-17)14-6-3-2-4-7-14/h2-4,6-8,11-12,16H,5,9-10,18H2,1H3. The van der Waals surface area contributed by atoms with Crippen molar-refractivity contribution in [2.24, 2.45) is 5.73 Å². The molecule has 1 unspecified atom stereocenters. The van der Waals surface area contributed by atoms with Crippen LogP contribution < -0.4 is 5.73 Å². The van der Waals surface area contributed by atoms with Gasteiger partial charge in [0.1, 0.15) is 0 Å². The summed E-state index contributed by atoms with van der Waals surface area (Å²) in [6.45, 7) is 2.12. The van der Waals surface area contributed by atoms with E-state index in [1.807, 2.05) is 18.5 Å². The SMILES string of the molecule is Cc1ccncc1C(N)C1(c2ccccc2)CCC1. The first-order chi connectivity index (χ1) is 9.24. The summed E-state index contributed by atoms with van der Waals surface area (Å²) in [7, 11) is 0. The Labute approximate surface area is 114 Å². The highest BCUT2D eigenvalue weighted by molar-refractivity contribution is 5.37. The first-order valence-corrected chi connectivity index (χ1v) is 6.96. The Morgan fingerprint density at radius 3 is 2.47 bits per heavy atom. The maximum absolute atomic E-state index is 6.63. The molecular weight excluding hydrogens is 232 g/mol. The predicted molar refractivity (Wildman–Crippen MR) is 77.9 cm³/mol. The molecule has 2 N–H and O–H groups in total. The Kier molecular flexibility index (Phi) is 3.11. The summed E-state index contributed by atoms with van der Waals surface area (Å²) in [5, 5.41) is 0. The van der Waals surface area contributed by atoms with Crippen LogP contribution in [0.2, 0.25) is 0 Å². The first-order valence-electron chi connectivity index (χ1n) is 6.96. The summed E-state index contributed by atoms with van der Waals surface area (Å²) in [6, 6.07) is 12.8. The highest BCUT2D eigenvalue weighted by Gasteiger charge is 2.44. The average molecular weight is 252 g/mol. The number of pyridine rings is 1. The average Bonchev–Trinajstić information content (AvgIpc) is 2.39. The quantitative estimate of drug-likeness (QED) is 0.908. The van der Waals surface area contributed by atoms with Crippen LogP contribution in [0.25, 0.3) is 0 Å². The summed E-state index contributed by atoms with van der Waals surface area (Å²) in [4.78, 5) is 4.25. The minimum absolute atomic E-state index is 0.0392. The van der Waals surface area contributed by atoms with E-state index in [0.29, 0.717) is 0 Å². The van der Waals surface area contributed by atoms with E-state index in [1.54, 1.807) is 0 Å². The van der Waals surface area contributed by atoms with Gasteiger partial charge in [0, 0.05) is 23.9 Å². The van der Waals surface area contributed by atoms with Crippen LogP contribution in [0.15, 0.2) is 48.8 Å². The molecule has 2 nitrogen and oxygen atoms in total. The van der Waals surface area contributed by atoms with Crippen LogP contribution in [0, 0.1) is 6.92 Å². The van der Waals surface area contributed by atoms with Crippen molar-refractivity contribution in [1.82, 2.24) is 4.98 Å². The van der Waals surface area contributed by atoms with Crippen LogP contribution in [0.4, 0.5) is 0 Å². The number of hydrogen-bond donors (Lipinski definition) is 1. The second kappa shape index (κ2) is 4.78. The van der Waals surface area contributed by atoms with E-state index in [0.717, 1.165) is 0 Å². The van der Waals surface area contributed by atoms with Gasteiger partial charge >= 0.3 is 0 Å². The van der Waals surface area contributed by atoms with E-state index in [-0.39, 0.29) is 11.5 Å². The summed E-state index contributed by atoms with van der Waals surface area (Å²) in [5.74, 6) is 0. The fraction of sp³-hybridized carbons (Fsp3) is 0.353. The fourth-order valence-corrected chi connectivity index (χ4v) is 3.21. The van der Waals surface area contributed by atoms with Gasteiger partial charge in [0.25, 0.3) is 0 Å². The van der Waals surface area contributed by atoms with Gasteiger partial charge in [0.05, 0.1) is 0 Å². The van der Waals surface area contributed by atoms with Gasteiger partial charge in [-0.2, -0.15) is 0 Å². The summed E-state index contributed by atoms with van der Waals surface area (Å²) in [6.07, 6.45) is 7.38. The largest absolute Gasteiger partial charge is 0.323 e. The Balaban J connectivity index is 2.02. The molecule has 2 aromatic rings. The Morgan fingerprint density at radius 1 is 1.16 bits per heavy atom. The third-order valence-corrected chi connectivity index (χ3v) is 4.60. The zero-order chi connectivity index (χ0) is 13.3. The van der Waals surface area contributed by atoms with Crippen molar-refractivity contribution in [2.75, 3.05) is 0 Å². The van der Waals surface area contributed by atoms with Crippen molar-refractivity contribution in [3.8, 4) is 0 Å². The third kappa shape index (κ3) is 1.96. The molecule has 19 heavy (non-hydrogen) atoms. The van der Waals surface area contributed by atoms with Gasteiger partial charge in [-0.15, -0.1) is 0 Å². The molecule has 1 aliphatic rings. The maximum atomic E-state index is 6.63. The topological polar surface area (TPSA) is 38.9 Å². The lowest BCUT2D eigenvalue weighted by Gasteiger charge is -2.47. The highest BCUT2D eigenvalue weighted by Crippen LogP contribution is 2.51. The van der Waals surface area contributed by atoms with Crippen molar-refractivity contribution in [2.45, 2.75) is 37.6 Å². The smallest absolute Gasteiger partial charge is 0.0411 e. The molecule has 1 fully saturated rings. The second-order valence-electron chi connectivity index (χ2n) is 5.59. The van der Waals surface area contributed by atoms with E-state index < -0.39 is 0 Å². The summed E-state index contributed by atoms with van der Waals surface area (Å²) >= 11 is 0. The minimum Gasteiger partial charge on any atom is -0.323 e. The van der Waals surface area contributed by atoms with Crippen molar-refractivity contribution in [3.05, 3.63) is 65.5 Å². The second-order valence-corrected chi connectivity index (χ2v) is 5.59. The molecule has 1 aliphatic carbocycles. The Bertz CT molecular complexity index is 558. The molecule has 0 aliphatic heterocycles. The van der Waals surface area contributed by atoms with E-state index >= 15 is 0 Å². The molecule has 0 spiro atoms. The van der Waals surface area contributed by atoms with E-state index in [9.17, 15) is 0 Å². The van der Waals surface area contributed by atoms with Crippen LogP contribution >= 0.6 is 0 Å². The van der Waals surface area contributed by atoms with E-state index in [1.165, 1.54) is 36.0 Å². The van der Waals surface area contributed by atoms with Crippen molar-refractivity contribution >= 4 is 0 Å². The van der Waals surface area contributed by atoms with Gasteiger partial charge < -0.3 is 5.73 Å². The van der Waals surface area contributed by atoms with Crippen molar-refractivity contribution in [3.63, 3.8) is 0 Å². The van der Waals surface area contributed by atoms with Gasteiger partial charge in [0.15, 0.2) is 0 Å². The molecule has 1 heterocycles. The number of aryl methyl sites for hydroxylation is 1. The zero-order valence-corrected chi connectivity index (χ0v) is 11.3. The monoisotopic (exact) mass is 252 g/mol. The molecule has 1 aromatic heterocycles. The number of rotatable bonds is 3. The van der Waals surface area contributed by atoms with E-state index in [2.05, 4.69) is 42.2 Å². The third-order valence-electron chi connectivity index (χ3n) is 4.60. The first kappa shape index (κ1) is 12.4. The Hall–Kier alpha value is -1.67.